The number of rotatable bonds is 8. The number of nitrogens with one attached hydrogen (secondary N) is 1. The molecule has 1 saturated carbocycles. The van der Waals surface area contributed by atoms with Crippen molar-refractivity contribution in [3.63, 3.8) is 0 Å². The van der Waals surface area contributed by atoms with E-state index < -0.39 is 0 Å². The molecule has 0 aromatic carbocycles. The minimum absolute atomic E-state index is 0.0271. The first-order valence-electron chi connectivity index (χ1n) is 6.81. The lowest BCUT2D eigenvalue weighted by Crippen LogP contribution is -2.39. The molecule has 0 aliphatic heterocycles. The molecular formula is C13H27N3O. The second kappa shape index (κ2) is 6.97. The van der Waals surface area contributed by atoms with Gasteiger partial charge in [0, 0.05) is 31.6 Å². The van der Waals surface area contributed by atoms with Crippen molar-refractivity contribution in [3.8, 4) is 0 Å². The summed E-state index contributed by atoms with van der Waals surface area (Å²) in [6.45, 7) is 9.05. The zero-order valence-electron chi connectivity index (χ0n) is 11.4. The molecule has 0 bridgehead atoms. The van der Waals surface area contributed by atoms with E-state index in [0.29, 0.717) is 12.3 Å². The normalized spacial score (nSPS) is 17.5. The number of carbonyl (C=O) groups excluding carboxylic acids is 1. The number of hydrogen-bond acceptors (Lipinski definition) is 3. The molecule has 1 fully saturated rings. The predicted molar refractivity (Wildman–Crippen MR) is 70.7 cm³/mol. The Labute approximate surface area is 105 Å². The minimum atomic E-state index is -0.0271. The van der Waals surface area contributed by atoms with Crippen LogP contribution in [0.1, 0.15) is 40.0 Å². The van der Waals surface area contributed by atoms with Gasteiger partial charge in [0.1, 0.15) is 0 Å². The summed E-state index contributed by atoms with van der Waals surface area (Å²) in [7, 11) is 0. The molecule has 0 heterocycles. The molecule has 0 aromatic rings. The average molecular weight is 241 g/mol. The quantitative estimate of drug-likeness (QED) is 0.665. The van der Waals surface area contributed by atoms with E-state index >= 15 is 0 Å². The number of amides is 1. The Morgan fingerprint density at radius 1 is 1.47 bits per heavy atom. The maximum Gasteiger partial charge on any atom is 0.221 e. The molecule has 0 radical (unpaired) electrons. The van der Waals surface area contributed by atoms with Crippen LogP contribution in [0.15, 0.2) is 0 Å². The molecule has 4 heteroatoms. The Bertz CT molecular complexity index is 239. The second-order valence-corrected chi connectivity index (χ2v) is 5.32. The van der Waals surface area contributed by atoms with Crippen LogP contribution >= 0.6 is 0 Å². The Hall–Kier alpha value is -0.610. The highest BCUT2D eigenvalue weighted by atomic mass is 16.1. The van der Waals surface area contributed by atoms with Crippen LogP contribution < -0.4 is 11.1 Å². The third kappa shape index (κ3) is 5.50. The summed E-state index contributed by atoms with van der Waals surface area (Å²) in [5.41, 5.74) is 5.86. The Morgan fingerprint density at radius 3 is 2.59 bits per heavy atom. The number of nitrogens with two attached hydrogens (primary N) is 1. The van der Waals surface area contributed by atoms with E-state index in [1.807, 2.05) is 13.8 Å². The maximum absolute atomic E-state index is 11.6. The van der Waals surface area contributed by atoms with Crippen LogP contribution in [0.4, 0.5) is 0 Å². The van der Waals surface area contributed by atoms with E-state index in [1.165, 1.54) is 12.8 Å². The van der Waals surface area contributed by atoms with E-state index in [2.05, 4.69) is 17.1 Å². The van der Waals surface area contributed by atoms with E-state index in [0.717, 1.165) is 25.7 Å². The number of likely N-dealkylation sites (N-methyl/N-ethyl adjacent to an activating group) is 1. The van der Waals surface area contributed by atoms with Gasteiger partial charge < -0.3 is 11.1 Å². The van der Waals surface area contributed by atoms with Crippen LogP contribution in [0.5, 0.6) is 0 Å². The summed E-state index contributed by atoms with van der Waals surface area (Å²) < 4.78 is 0. The summed E-state index contributed by atoms with van der Waals surface area (Å²) in [4.78, 5) is 14.0. The number of nitrogens with zero attached hydrogens (tertiary/aromatic N) is 1. The van der Waals surface area contributed by atoms with Gasteiger partial charge in [-0.15, -0.1) is 0 Å². The van der Waals surface area contributed by atoms with Crippen molar-refractivity contribution < 1.29 is 4.79 Å². The topological polar surface area (TPSA) is 58.4 Å². The Balaban J connectivity index is 2.10. The van der Waals surface area contributed by atoms with Crippen LogP contribution in [0.3, 0.4) is 0 Å². The van der Waals surface area contributed by atoms with E-state index in [9.17, 15) is 4.79 Å². The summed E-state index contributed by atoms with van der Waals surface area (Å²) in [5, 5.41) is 2.96. The third-order valence-corrected chi connectivity index (χ3v) is 3.47. The van der Waals surface area contributed by atoms with Crippen molar-refractivity contribution in [3.05, 3.63) is 0 Å². The monoisotopic (exact) mass is 241 g/mol. The van der Waals surface area contributed by atoms with Crippen LogP contribution in [0, 0.1) is 5.92 Å². The van der Waals surface area contributed by atoms with Crippen LogP contribution in [0.2, 0.25) is 0 Å². The SMILES string of the molecule is CCN(CCNC(=O)CC(N)C(C)C)C1CC1. The van der Waals surface area contributed by atoms with Gasteiger partial charge in [-0.05, 0) is 25.3 Å². The van der Waals surface area contributed by atoms with Gasteiger partial charge in [0.05, 0.1) is 0 Å². The average Bonchev–Trinajstić information content (AvgIpc) is 3.08. The Morgan fingerprint density at radius 2 is 2.12 bits per heavy atom. The van der Waals surface area contributed by atoms with Crippen LogP contribution in [0.25, 0.3) is 0 Å². The van der Waals surface area contributed by atoms with Gasteiger partial charge in [-0.1, -0.05) is 20.8 Å². The first kappa shape index (κ1) is 14.5. The van der Waals surface area contributed by atoms with Gasteiger partial charge in [0.25, 0.3) is 0 Å². The largest absolute Gasteiger partial charge is 0.355 e. The van der Waals surface area contributed by atoms with Crippen molar-refractivity contribution >= 4 is 5.91 Å². The smallest absolute Gasteiger partial charge is 0.221 e. The first-order valence-corrected chi connectivity index (χ1v) is 6.81. The maximum atomic E-state index is 11.6. The third-order valence-electron chi connectivity index (χ3n) is 3.47. The molecule has 4 nitrogen and oxygen atoms in total. The molecule has 1 aliphatic rings. The molecule has 1 aliphatic carbocycles. The van der Waals surface area contributed by atoms with E-state index in [1.54, 1.807) is 0 Å². The number of carbonyl (C=O) groups is 1. The molecule has 3 N–H and O–H groups in total. The fourth-order valence-corrected chi connectivity index (χ4v) is 1.90. The lowest BCUT2D eigenvalue weighted by Gasteiger charge is -2.20. The van der Waals surface area contributed by atoms with Crippen molar-refractivity contribution in [1.82, 2.24) is 10.2 Å². The molecule has 1 rings (SSSR count). The fraction of sp³-hybridized carbons (Fsp3) is 0.923. The summed E-state index contributed by atoms with van der Waals surface area (Å²) in [6.07, 6.45) is 3.08. The summed E-state index contributed by atoms with van der Waals surface area (Å²) in [5.74, 6) is 0.442. The highest BCUT2D eigenvalue weighted by Crippen LogP contribution is 2.25. The molecule has 17 heavy (non-hydrogen) atoms. The predicted octanol–water partition coefficient (Wildman–Crippen LogP) is 0.960. The molecule has 0 aromatic heterocycles. The zero-order chi connectivity index (χ0) is 12.8. The van der Waals surface area contributed by atoms with Gasteiger partial charge in [-0.25, -0.2) is 0 Å². The zero-order valence-corrected chi connectivity index (χ0v) is 11.4. The molecule has 100 valence electrons. The molecule has 0 saturated heterocycles. The lowest BCUT2D eigenvalue weighted by molar-refractivity contribution is -0.121. The van der Waals surface area contributed by atoms with Gasteiger partial charge in [0.15, 0.2) is 0 Å². The van der Waals surface area contributed by atoms with Crippen molar-refractivity contribution in [2.24, 2.45) is 11.7 Å². The van der Waals surface area contributed by atoms with E-state index in [4.69, 9.17) is 5.73 Å². The second-order valence-electron chi connectivity index (χ2n) is 5.32. The summed E-state index contributed by atoms with van der Waals surface area (Å²) in [6, 6.07) is 0.746. The standard InChI is InChI=1S/C13H27N3O/c1-4-16(11-5-6-11)8-7-15-13(17)9-12(14)10(2)3/h10-12H,4-9,14H2,1-3H3,(H,15,17). The first-order chi connectivity index (χ1) is 8.04. The molecule has 1 atom stereocenters. The van der Waals surface area contributed by atoms with Crippen LogP contribution in [-0.4, -0.2) is 42.5 Å². The highest BCUT2D eigenvalue weighted by molar-refractivity contribution is 5.76. The van der Waals surface area contributed by atoms with Crippen LogP contribution in [-0.2, 0) is 4.79 Å². The van der Waals surface area contributed by atoms with Crippen molar-refractivity contribution in [1.29, 1.82) is 0 Å². The van der Waals surface area contributed by atoms with Crippen molar-refractivity contribution in [2.45, 2.75) is 52.1 Å². The van der Waals surface area contributed by atoms with Gasteiger partial charge >= 0.3 is 0 Å². The van der Waals surface area contributed by atoms with Gasteiger partial charge in [-0.3, -0.25) is 9.69 Å². The molecule has 1 amide bonds. The molecular weight excluding hydrogens is 214 g/mol. The minimum Gasteiger partial charge on any atom is -0.355 e. The molecule has 1 unspecified atom stereocenters. The van der Waals surface area contributed by atoms with Gasteiger partial charge in [-0.2, -0.15) is 0 Å². The summed E-state index contributed by atoms with van der Waals surface area (Å²) >= 11 is 0. The molecule has 0 spiro atoms. The highest BCUT2D eigenvalue weighted by Gasteiger charge is 2.27. The van der Waals surface area contributed by atoms with Gasteiger partial charge in [0.2, 0.25) is 5.91 Å². The van der Waals surface area contributed by atoms with Crippen molar-refractivity contribution in [2.75, 3.05) is 19.6 Å². The fourth-order valence-electron chi connectivity index (χ4n) is 1.90. The Kier molecular flexibility index (Phi) is 5.92. The van der Waals surface area contributed by atoms with E-state index in [-0.39, 0.29) is 11.9 Å². The lowest BCUT2D eigenvalue weighted by atomic mass is 10.0. The number of hydrogen-bond donors (Lipinski definition) is 2.